The summed E-state index contributed by atoms with van der Waals surface area (Å²) in [5.41, 5.74) is 2.09. The van der Waals surface area contributed by atoms with Crippen LogP contribution in [0.3, 0.4) is 0 Å². The molecular weight excluding hydrogens is 418 g/mol. The average Bonchev–Trinajstić information content (AvgIpc) is 3.19. The van der Waals surface area contributed by atoms with Crippen molar-refractivity contribution in [2.24, 2.45) is 0 Å². The van der Waals surface area contributed by atoms with Crippen molar-refractivity contribution in [3.8, 4) is 5.69 Å². The Bertz CT molecular complexity index is 935. The van der Waals surface area contributed by atoms with E-state index in [9.17, 15) is 4.79 Å². The molecule has 1 aliphatic rings. The van der Waals surface area contributed by atoms with Crippen LogP contribution in [-0.2, 0) is 17.8 Å². The fraction of sp³-hybridized carbons (Fsp3) is 0.286. The number of amides is 1. The van der Waals surface area contributed by atoms with Gasteiger partial charge in [0.1, 0.15) is 6.33 Å². The highest BCUT2D eigenvalue weighted by Gasteiger charge is 2.23. The van der Waals surface area contributed by atoms with Crippen molar-refractivity contribution in [1.29, 1.82) is 0 Å². The van der Waals surface area contributed by atoms with Gasteiger partial charge in [-0.05, 0) is 23.8 Å². The van der Waals surface area contributed by atoms with Crippen LogP contribution in [0.4, 0.5) is 0 Å². The molecule has 0 spiro atoms. The molecule has 0 N–H and O–H groups in total. The van der Waals surface area contributed by atoms with Gasteiger partial charge in [-0.15, -0.1) is 10.2 Å². The molecular formula is C21H22BrN5O. The lowest BCUT2D eigenvalue weighted by Crippen LogP contribution is -2.49. The predicted octanol–water partition coefficient (Wildman–Crippen LogP) is 2.92. The molecule has 1 saturated heterocycles. The van der Waals surface area contributed by atoms with E-state index in [2.05, 4.69) is 31.0 Å². The Kier molecular flexibility index (Phi) is 5.83. The third kappa shape index (κ3) is 4.31. The van der Waals surface area contributed by atoms with Gasteiger partial charge in [0.15, 0.2) is 5.82 Å². The maximum atomic E-state index is 12.6. The second kappa shape index (κ2) is 8.67. The van der Waals surface area contributed by atoms with E-state index in [1.54, 1.807) is 6.33 Å². The summed E-state index contributed by atoms with van der Waals surface area (Å²) >= 11 is 3.52. The third-order valence-electron chi connectivity index (χ3n) is 5.04. The lowest BCUT2D eigenvalue weighted by molar-refractivity contribution is -0.132. The van der Waals surface area contributed by atoms with Gasteiger partial charge >= 0.3 is 0 Å². The normalized spacial score (nSPS) is 15.0. The molecule has 1 amide bonds. The highest BCUT2D eigenvalue weighted by molar-refractivity contribution is 9.10. The van der Waals surface area contributed by atoms with Crippen LogP contribution in [0.25, 0.3) is 5.69 Å². The minimum absolute atomic E-state index is 0.180. The minimum Gasteiger partial charge on any atom is -0.340 e. The Balaban J connectivity index is 1.33. The minimum atomic E-state index is 0.180. The zero-order valence-electron chi connectivity index (χ0n) is 15.5. The summed E-state index contributed by atoms with van der Waals surface area (Å²) in [6, 6.07) is 18.0. The molecule has 1 aromatic heterocycles. The Morgan fingerprint density at radius 3 is 2.43 bits per heavy atom. The molecule has 144 valence electrons. The van der Waals surface area contributed by atoms with Gasteiger partial charge in [-0.2, -0.15) is 0 Å². The van der Waals surface area contributed by atoms with Crippen molar-refractivity contribution in [2.45, 2.75) is 13.0 Å². The SMILES string of the molecule is O=C(Cc1ccccc1Br)N1CCN(Cc2nncn2-c2ccccc2)CC1. The molecule has 4 rings (SSSR count). The van der Waals surface area contributed by atoms with Crippen LogP contribution in [0.15, 0.2) is 65.4 Å². The van der Waals surface area contributed by atoms with Gasteiger partial charge in [0.05, 0.1) is 13.0 Å². The van der Waals surface area contributed by atoms with Gasteiger partial charge in [-0.1, -0.05) is 52.3 Å². The molecule has 2 heterocycles. The number of hydrogen-bond donors (Lipinski definition) is 0. The lowest BCUT2D eigenvalue weighted by atomic mass is 10.1. The van der Waals surface area contributed by atoms with Gasteiger partial charge in [0.25, 0.3) is 0 Å². The molecule has 3 aromatic rings. The quantitative estimate of drug-likeness (QED) is 0.613. The number of carbonyl (C=O) groups is 1. The molecule has 0 radical (unpaired) electrons. The molecule has 1 fully saturated rings. The fourth-order valence-corrected chi connectivity index (χ4v) is 3.87. The molecule has 2 aromatic carbocycles. The lowest BCUT2D eigenvalue weighted by Gasteiger charge is -2.34. The molecule has 0 aliphatic carbocycles. The number of nitrogens with zero attached hydrogens (tertiary/aromatic N) is 5. The predicted molar refractivity (Wildman–Crippen MR) is 111 cm³/mol. The smallest absolute Gasteiger partial charge is 0.227 e. The Hall–Kier alpha value is -2.51. The van der Waals surface area contributed by atoms with E-state index in [0.29, 0.717) is 6.42 Å². The maximum absolute atomic E-state index is 12.6. The number of benzene rings is 2. The first-order valence-corrected chi connectivity index (χ1v) is 10.2. The first kappa shape index (κ1) is 18.8. The Labute approximate surface area is 172 Å². The second-order valence-corrected chi connectivity index (χ2v) is 7.73. The molecule has 7 heteroatoms. The van der Waals surface area contributed by atoms with Crippen molar-refractivity contribution >= 4 is 21.8 Å². The van der Waals surface area contributed by atoms with Crippen LogP contribution in [0, 0.1) is 0 Å². The van der Waals surface area contributed by atoms with Crippen LogP contribution >= 0.6 is 15.9 Å². The number of hydrogen-bond acceptors (Lipinski definition) is 4. The zero-order valence-corrected chi connectivity index (χ0v) is 17.1. The van der Waals surface area contributed by atoms with Gasteiger partial charge in [-0.3, -0.25) is 14.3 Å². The van der Waals surface area contributed by atoms with E-state index in [1.807, 2.05) is 64.1 Å². The number of para-hydroxylation sites is 1. The number of rotatable bonds is 5. The van der Waals surface area contributed by atoms with Crippen LogP contribution in [0.5, 0.6) is 0 Å². The summed E-state index contributed by atoms with van der Waals surface area (Å²) < 4.78 is 3.01. The van der Waals surface area contributed by atoms with E-state index in [4.69, 9.17) is 0 Å². The summed E-state index contributed by atoms with van der Waals surface area (Å²) in [5, 5.41) is 8.37. The van der Waals surface area contributed by atoms with Crippen molar-refractivity contribution in [1.82, 2.24) is 24.6 Å². The van der Waals surface area contributed by atoms with Crippen LogP contribution < -0.4 is 0 Å². The first-order valence-electron chi connectivity index (χ1n) is 9.38. The number of piperazine rings is 1. The van der Waals surface area contributed by atoms with Crippen molar-refractivity contribution in [3.05, 3.63) is 76.8 Å². The summed E-state index contributed by atoms with van der Waals surface area (Å²) in [7, 11) is 0. The van der Waals surface area contributed by atoms with Crippen LogP contribution in [-0.4, -0.2) is 56.7 Å². The van der Waals surface area contributed by atoms with Gasteiger partial charge < -0.3 is 4.90 Å². The summed E-state index contributed by atoms with van der Waals surface area (Å²) in [4.78, 5) is 16.9. The van der Waals surface area contributed by atoms with Crippen LogP contribution in [0.1, 0.15) is 11.4 Å². The van der Waals surface area contributed by atoms with E-state index in [1.165, 1.54) is 0 Å². The zero-order chi connectivity index (χ0) is 19.3. The summed E-state index contributed by atoms with van der Waals surface area (Å²) in [6.07, 6.45) is 2.19. The monoisotopic (exact) mass is 439 g/mol. The Morgan fingerprint density at radius 2 is 1.68 bits per heavy atom. The highest BCUT2D eigenvalue weighted by atomic mass is 79.9. The third-order valence-corrected chi connectivity index (χ3v) is 5.82. The molecule has 1 aliphatic heterocycles. The number of halogens is 1. The molecule has 28 heavy (non-hydrogen) atoms. The highest BCUT2D eigenvalue weighted by Crippen LogP contribution is 2.18. The summed E-state index contributed by atoms with van der Waals surface area (Å²) in [5.74, 6) is 1.10. The molecule has 0 unspecified atom stereocenters. The molecule has 0 saturated carbocycles. The largest absolute Gasteiger partial charge is 0.340 e. The van der Waals surface area contributed by atoms with Crippen LogP contribution in [0.2, 0.25) is 0 Å². The summed E-state index contributed by atoms with van der Waals surface area (Å²) in [6.45, 7) is 3.87. The second-order valence-electron chi connectivity index (χ2n) is 6.88. The Morgan fingerprint density at radius 1 is 0.964 bits per heavy atom. The van der Waals surface area contributed by atoms with Gasteiger partial charge in [-0.25, -0.2) is 0 Å². The fourth-order valence-electron chi connectivity index (χ4n) is 3.44. The molecule has 0 bridgehead atoms. The van der Waals surface area contributed by atoms with E-state index >= 15 is 0 Å². The van der Waals surface area contributed by atoms with E-state index in [-0.39, 0.29) is 5.91 Å². The maximum Gasteiger partial charge on any atom is 0.227 e. The number of aromatic nitrogens is 3. The van der Waals surface area contributed by atoms with Gasteiger partial charge in [0.2, 0.25) is 5.91 Å². The average molecular weight is 440 g/mol. The van der Waals surface area contributed by atoms with Crippen molar-refractivity contribution in [2.75, 3.05) is 26.2 Å². The van der Waals surface area contributed by atoms with Crippen molar-refractivity contribution < 1.29 is 4.79 Å². The van der Waals surface area contributed by atoms with Gasteiger partial charge in [0, 0.05) is 36.3 Å². The number of carbonyl (C=O) groups excluding carboxylic acids is 1. The van der Waals surface area contributed by atoms with Crippen molar-refractivity contribution in [3.63, 3.8) is 0 Å². The first-order chi connectivity index (χ1) is 13.7. The van der Waals surface area contributed by atoms with E-state index in [0.717, 1.165) is 54.3 Å². The topological polar surface area (TPSA) is 54.3 Å². The molecule has 6 nitrogen and oxygen atoms in total. The molecule has 0 atom stereocenters. The van der Waals surface area contributed by atoms with E-state index < -0.39 is 0 Å². The standard InChI is InChI=1S/C21H22BrN5O/c22-19-9-5-4-6-17(19)14-21(28)26-12-10-25(11-13-26)15-20-24-23-16-27(20)18-7-2-1-3-8-18/h1-9,16H,10-15H2.